The first-order valence-electron chi connectivity index (χ1n) is 5.80. The molecule has 1 heterocycles. The lowest BCUT2D eigenvalue weighted by Gasteiger charge is -2.16. The average Bonchev–Trinajstić information content (AvgIpc) is 2.81. The molecule has 1 aromatic heterocycles. The minimum absolute atomic E-state index is 0.156. The van der Waals surface area contributed by atoms with Crippen LogP contribution < -0.4 is 0 Å². The number of hydrogen-bond donors (Lipinski definition) is 1. The molecule has 1 aromatic rings. The fraction of sp³-hybridized carbons (Fsp3) is 0.667. The van der Waals surface area contributed by atoms with Crippen LogP contribution >= 0.6 is 0 Å². The summed E-state index contributed by atoms with van der Waals surface area (Å²) in [5, 5.41) is 9.95. The number of hydrogen-bond acceptors (Lipinski definition) is 3. The van der Waals surface area contributed by atoms with Gasteiger partial charge in [-0.25, -0.2) is 9.97 Å². The summed E-state index contributed by atoms with van der Waals surface area (Å²) in [5.74, 6) is 1.36. The van der Waals surface area contributed by atoms with Gasteiger partial charge in [-0.2, -0.15) is 0 Å². The maximum Gasteiger partial charge on any atom is 0.128 e. The van der Waals surface area contributed by atoms with E-state index in [1.807, 2.05) is 6.07 Å². The molecular weight excluding hydrogens is 188 g/mol. The monoisotopic (exact) mass is 206 g/mol. The Kier molecular flexibility index (Phi) is 3.67. The fourth-order valence-corrected chi connectivity index (χ4v) is 2.31. The summed E-state index contributed by atoms with van der Waals surface area (Å²) in [6, 6.07) is 1.82. The second kappa shape index (κ2) is 5.21. The number of aryl methyl sites for hydroxylation is 1. The Morgan fingerprint density at radius 2 is 1.93 bits per heavy atom. The van der Waals surface area contributed by atoms with Crippen molar-refractivity contribution in [3.63, 3.8) is 0 Å². The van der Waals surface area contributed by atoms with E-state index in [4.69, 9.17) is 0 Å². The Hall–Kier alpha value is -0.960. The van der Waals surface area contributed by atoms with Gasteiger partial charge < -0.3 is 5.11 Å². The molecule has 15 heavy (non-hydrogen) atoms. The summed E-state index contributed by atoms with van der Waals surface area (Å²) in [4.78, 5) is 8.31. The molecule has 0 aromatic carbocycles. The van der Waals surface area contributed by atoms with Crippen LogP contribution in [-0.2, 0) is 6.42 Å². The smallest absolute Gasteiger partial charge is 0.128 e. The first-order valence-corrected chi connectivity index (χ1v) is 5.80. The lowest BCUT2D eigenvalue weighted by atomic mass is 9.97. The van der Waals surface area contributed by atoms with E-state index in [1.54, 1.807) is 12.4 Å². The van der Waals surface area contributed by atoms with Crippen LogP contribution in [0.3, 0.4) is 0 Å². The van der Waals surface area contributed by atoms with Gasteiger partial charge in [-0.05, 0) is 31.2 Å². The Morgan fingerprint density at radius 1 is 1.27 bits per heavy atom. The van der Waals surface area contributed by atoms with Crippen molar-refractivity contribution in [2.24, 2.45) is 5.92 Å². The van der Waals surface area contributed by atoms with Crippen LogP contribution in [0.25, 0.3) is 0 Å². The number of aliphatic hydroxyl groups excluding tert-OH is 1. The van der Waals surface area contributed by atoms with E-state index in [9.17, 15) is 5.11 Å². The molecule has 1 saturated carbocycles. The van der Waals surface area contributed by atoms with Gasteiger partial charge in [0, 0.05) is 18.8 Å². The van der Waals surface area contributed by atoms with Gasteiger partial charge >= 0.3 is 0 Å². The highest BCUT2D eigenvalue weighted by atomic mass is 16.3. The molecule has 1 N–H and O–H groups in total. The summed E-state index contributed by atoms with van der Waals surface area (Å²) in [6.45, 7) is 0. The zero-order valence-corrected chi connectivity index (χ0v) is 8.97. The third kappa shape index (κ3) is 2.99. The summed E-state index contributed by atoms with van der Waals surface area (Å²) in [6.07, 6.45) is 9.89. The molecule has 0 bridgehead atoms. The molecule has 0 aliphatic heterocycles. The highest BCUT2D eigenvalue weighted by molar-refractivity contribution is 4.89. The van der Waals surface area contributed by atoms with Gasteiger partial charge in [0.15, 0.2) is 0 Å². The van der Waals surface area contributed by atoms with Crippen molar-refractivity contribution >= 4 is 0 Å². The Balaban J connectivity index is 1.77. The molecule has 1 fully saturated rings. The standard InChI is InChI=1S/C12H18N2O/c15-11(10-4-1-2-5-10)6-7-12-13-8-3-9-14-12/h3,8-11,15H,1-2,4-7H2. The predicted octanol–water partition coefficient (Wildman–Crippen LogP) is 1.96. The van der Waals surface area contributed by atoms with E-state index in [0.717, 1.165) is 18.7 Å². The average molecular weight is 206 g/mol. The number of aliphatic hydroxyl groups is 1. The van der Waals surface area contributed by atoms with E-state index in [1.165, 1.54) is 25.7 Å². The molecule has 0 radical (unpaired) electrons. The van der Waals surface area contributed by atoms with Crippen LogP contribution in [0, 0.1) is 5.92 Å². The minimum atomic E-state index is -0.156. The van der Waals surface area contributed by atoms with Gasteiger partial charge in [0.1, 0.15) is 5.82 Å². The van der Waals surface area contributed by atoms with Crippen LogP contribution in [0.4, 0.5) is 0 Å². The third-order valence-electron chi connectivity index (χ3n) is 3.23. The molecule has 1 unspecified atom stereocenters. The van der Waals surface area contributed by atoms with Crippen molar-refractivity contribution in [2.45, 2.75) is 44.6 Å². The summed E-state index contributed by atoms with van der Waals surface area (Å²) < 4.78 is 0. The second-order valence-corrected chi connectivity index (χ2v) is 4.32. The Bertz CT molecular complexity index is 283. The molecule has 0 spiro atoms. The van der Waals surface area contributed by atoms with Crippen molar-refractivity contribution < 1.29 is 5.11 Å². The number of aromatic nitrogens is 2. The molecule has 82 valence electrons. The Labute approximate surface area is 90.6 Å². The van der Waals surface area contributed by atoms with E-state index in [-0.39, 0.29) is 6.10 Å². The summed E-state index contributed by atoms with van der Waals surface area (Å²) in [7, 11) is 0. The maximum atomic E-state index is 9.95. The van der Waals surface area contributed by atoms with E-state index in [0.29, 0.717) is 5.92 Å². The third-order valence-corrected chi connectivity index (χ3v) is 3.23. The van der Waals surface area contributed by atoms with Crippen LogP contribution in [0.1, 0.15) is 37.9 Å². The van der Waals surface area contributed by atoms with Gasteiger partial charge in [0.25, 0.3) is 0 Å². The molecule has 1 aliphatic rings. The molecule has 0 saturated heterocycles. The fourth-order valence-electron chi connectivity index (χ4n) is 2.31. The van der Waals surface area contributed by atoms with E-state index in [2.05, 4.69) is 9.97 Å². The van der Waals surface area contributed by atoms with Crippen molar-refractivity contribution in [2.75, 3.05) is 0 Å². The zero-order chi connectivity index (χ0) is 10.5. The maximum absolute atomic E-state index is 9.95. The van der Waals surface area contributed by atoms with Gasteiger partial charge in [0.05, 0.1) is 6.10 Å². The largest absolute Gasteiger partial charge is 0.393 e. The lowest BCUT2D eigenvalue weighted by Crippen LogP contribution is -2.18. The van der Waals surface area contributed by atoms with Gasteiger partial charge in [0.2, 0.25) is 0 Å². The van der Waals surface area contributed by atoms with Crippen LogP contribution in [0.15, 0.2) is 18.5 Å². The quantitative estimate of drug-likeness (QED) is 0.819. The molecule has 1 atom stereocenters. The van der Waals surface area contributed by atoms with E-state index >= 15 is 0 Å². The lowest BCUT2D eigenvalue weighted by molar-refractivity contribution is 0.102. The van der Waals surface area contributed by atoms with Gasteiger partial charge in [-0.3, -0.25) is 0 Å². The van der Waals surface area contributed by atoms with Crippen molar-refractivity contribution in [1.29, 1.82) is 0 Å². The topological polar surface area (TPSA) is 46.0 Å². The highest BCUT2D eigenvalue weighted by Gasteiger charge is 2.22. The second-order valence-electron chi connectivity index (χ2n) is 4.32. The van der Waals surface area contributed by atoms with Crippen LogP contribution in [0.2, 0.25) is 0 Å². The van der Waals surface area contributed by atoms with Crippen molar-refractivity contribution in [3.8, 4) is 0 Å². The zero-order valence-electron chi connectivity index (χ0n) is 8.97. The van der Waals surface area contributed by atoms with E-state index < -0.39 is 0 Å². The number of rotatable bonds is 4. The Morgan fingerprint density at radius 3 is 2.60 bits per heavy atom. The molecular formula is C12H18N2O. The summed E-state index contributed by atoms with van der Waals surface area (Å²) >= 11 is 0. The number of nitrogens with zero attached hydrogens (tertiary/aromatic N) is 2. The highest BCUT2D eigenvalue weighted by Crippen LogP contribution is 2.29. The predicted molar refractivity (Wildman–Crippen MR) is 58.3 cm³/mol. The first kappa shape index (κ1) is 10.6. The van der Waals surface area contributed by atoms with Crippen LogP contribution in [-0.4, -0.2) is 21.2 Å². The van der Waals surface area contributed by atoms with Crippen LogP contribution in [0.5, 0.6) is 0 Å². The molecule has 3 heteroatoms. The SMILES string of the molecule is OC(CCc1ncccn1)C1CCCC1. The van der Waals surface area contributed by atoms with Gasteiger partial charge in [-0.1, -0.05) is 12.8 Å². The van der Waals surface area contributed by atoms with Crippen molar-refractivity contribution in [3.05, 3.63) is 24.3 Å². The van der Waals surface area contributed by atoms with Gasteiger partial charge in [-0.15, -0.1) is 0 Å². The van der Waals surface area contributed by atoms with Crippen molar-refractivity contribution in [1.82, 2.24) is 9.97 Å². The molecule has 2 rings (SSSR count). The molecule has 0 amide bonds. The molecule has 1 aliphatic carbocycles. The summed E-state index contributed by atoms with van der Waals surface area (Å²) in [5.41, 5.74) is 0. The minimum Gasteiger partial charge on any atom is -0.393 e. The first-order chi connectivity index (χ1) is 7.36. The normalized spacial score (nSPS) is 19.3. The molecule has 3 nitrogen and oxygen atoms in total.